The molecule has 0 spiro atoms. The van der Waals surface area contributed by atoms with Gasteiger partial charge in [0.25, 0.3) is 0 Å². The van der Waals surface area contributed by atoms with Gasteiger partial charge in [-0.25, -0.2) is 9.59 Å². The minimum absolute atomic E-state index is 0.207. The van der Waals surface area contributed by atoms with E-state index < -0.39 is 29.7 Å². The number of nitrogens with zero attached hydrogens (tertiary/aromatic N) is 1. The molecule has 3 rings (SSSR count). The summed E-state index contributed by atoms with van der Waals surface area (Å²) in [4.78, 5) is 38.8. The summed E-state index contributed by atoms with van der Waals surface area (Å²) in [5.41, 5.74) is 2.33. The number of ether oxygens (including phenoxy) is 2. The Morgan fingerprint density at radius 2 is 1.81 bits per heavy atom. The number of anilines is 2. The monoisotopic (exact) mass is 535 g/mol. The van der Waals surface area contributed by atoms with Crippen LogP contribution in [0.5, 0.6) is 0 Å². The van der Waals surface area contributed by atoms with Crippen LogP contribution < -0.4 is 15.5 Å². The fraction of sp³-hybridized carbons (Fsp3) is 0.423. The van der Waals surface area contributed by atoms with E-state index >= 15 is 0 Å². The molecule has 10 heteroatoms. The number of rotatable bonds is 6. The van der Waals surface area contributed by atoms with Crippen molar-refractivity contribution in [3.8, 4) is 0 Å². The SMILES string of the molecule is COC(=O)[C@@H]1C[C@@H](N(C(C)=O)c2ccc(CCNC(=O)OC(C)(C)C)cc2)c2c(Cl)cc(Cl)cc2N1. The predicted molar refractivity (Wildman–Crippen MR) is 141 cm³/mol. The molecule has 1 aliphatic rings. The number of halogens is 2. The fourth-order valence-electron chi connectivity index (χ4n) is 4.19. The lowest BCUT2D eigenvalue weighted by Gasteiger charge is -2.39. The second-order valence-corrected chi connectivity index (χ2v) is 10.4. The molecular formula is C26H31Cl2N3O5. The number of fused-ring (bicyclic) bond motifs is 1. The number of hydrogen-bond donors (Lipinski definition) is 2. The van der Waals surface area contributed by atoms with Crippen molar-refractivity contribution in [3.63, 3.8) is 0 Å². The van der Waals surface area contributed by atoms with Gasteiger partial charge in [0.2, 0.25) is 5.91 Å². The lowest BCUT2D eigenvalue weighted by atomic mass is 9.90. The minimum Gasteiger partial charge on any atom is -0.467 e. The van der Waals surface area contributed by atoms with Crippen molar-refractivity contribution in [2.75, 3.05) is 23.9 Å². The number of methoxy groups -OCH3 is 1. The molecule has 2 aromatic rings. The average Bonchev–Trinajstić information content (AvgIpc) is 2.77. The number of alkyl carbamates (subject to hydrolysis) is 1. The number of hydrogen-bond acceptors (Lipinski definition) is 6. The van der Waals surface area contributed by atoms with Crippen LogP contribution in [0.25, 0.3) is 0 Å². The van der Waals surface area contributed by atoms with E-state index in [-0.39, 0.29) is 12.3 Å². The van der Waals surface area contributed by atoms with Crippen LogP contribution in [-0.4, -0.2) is 43.3 Å². The van der Waals surface area contributed by atoms with Crippen LogP contribution in [0.4, 0.5) is 16.2 Å². The van der Waals surface area contributed by atoms with Crippen molar-refractivity contribution in [1.29, 1.82) is 0 Å². The van der Waals surface area contributed by atoms with E-state index in [4.69, 9.17) is 32.7 Å². The predicted octanol–water partition coefficient (Wildman–Crippen LogP) is 5.51. The Morgan fingerprint density at radius 3 is 2.39 bits per heavy atom. The molecule has 36 heavy (non-hydrogen) atoms. The van der Waals surface area contributed by atoms with Crippen molar-refractivity contribution >= 4 is 52.5 Å². The highest BCUT2D eigenvalue weighted by molar-refractivity contribution is 6.35. The lowest BCUT2D eigenvalue weighted by molar-refractivity contribution is -0.142. The third-order valence-electron chi connectivity index (χ3n) is 5.65. The molecule has 194 valence electrons. The topological polar surface area (TPSA) is 97.0 Å². The molecule has 2 amide bonds. The first-order valence-electron chi connectivity index (χ1n) is 11.6. The maximum Gasteiger partial charge on any atom is 0.407 e. The van der Waals surface area contributed by atoms with E-state index in [1.165, 1.54) is 14.0 Å². The van der Waals surface area contributed by atoms with Crippen molar-refractivity contribution in [3.05, 3.63) is 57.6 Å². The molecule has 0 aromatic heterocycles. The number of carbonyl (C=O) groups is 3. The van der Waals surface area contributed by atoms with E-state index in [2.05, 4.69) is 10.6 Å². The minimum atomic E-state index is -0.679. The van der Waals surface area contributed by atoms with Gasteiger partial charge in [-0.05, 0) is 57.0 Å². The zero-order valence-corrected chi connectivity index (χ0v) is 22.5. The molecule has 0 saturated carbocycles. The van der Waals surface area contributed by atoms with Gasteiger partial charge in [0, 0.05) is 46.9 Å². The standard InChI is InChI=1S/C26H31Cl2N3O5/c1-15(32)31(18-8-6-16(7-9-18)10-11-29-25(34)36-26(2,3)4)22-14-21(24(33)35-5)30-20-13-17(27)12-19(28)23(20)22/h6-9,12-13,21-22,30H,10-11,14H2,1-5H3,(H,29,34)/t21-,22+/m0/s1. The molecule has 1 heterocycles. The summed E-state index contributed by atoms with van der Waals surface area (Å²) in [6, 6.07) is 9.56. The summed E-state index contributed by atoms with van der Waals surface area (Å²) in [6.45, 7) is 7.30. The number of carbonyl (C=O) groups excluding carboxylic acids is 3. The second-order valence-electron chi connectivity index (χ2n) is 9.55. The normalized spacial score (nSPS) is 16.9. The molecular weight excluding hydrogens is 505 g/mol. The van der Waals surface area contributed by atoms with Crippen LogP contribution in [0.15, 0.2) is 36.4 Å². The molecule has 0 aliphatic carbocycles. The number of amides is 2. The molecule has 0 saturated heterocycles. The first kappa shape index (κ1) is 27.6. The summed E-state index contributed by atoms with van der Waals surface area (Å²) in [7, 11) is 1.32. The van der Waals surface area contributed by atoms with E-state index in [9.17, 15) is 14.4 Å². The van der Waals surface area contributed by atoms with Crippen LogP contribution in [0.1, 0.15) is 51.3 Å². The average molecular weight is 536 g/mol. The highest BCUT2D eigenvalue weighted by Gasteiger charge is 2.38. The molecule has 2 N–H and O–H groups in total. The molecule has 0 unspecified atom stereocenters. The zero-order chi connectivity index (χ0) is 26.6. The van der Waals surface area contributed by atoms with Crippen molar-refractivity contribution in [2.24, 2.45) is 0 Å². The lowest BCUT2D eigenvalue weighted by Crippen LogP contribution is -2.43. The number of nitrogens with one attached hydrogen (secondary N) is 2. The zero-order valence-electron chi connectivity index (χ0n) is 21.0. The Morgan fingerprint density at radius 1 is 1.14 bits per heavy atom. The Labute approximate surface area is 221 Å². The summed E-state index contributed by atoms with van der Waals surface area (Å²) in [6.07, 6.45) is 0.385. The van der Waals surface area contributed by atoms with Gasteiger partial charge in [0.15, 0.2) is 0 Å². The van der Waals surface area contributed by atoms with Crippen molar-refractivity contribution in [2.45, 2.75) is 58.2 Å². The van der Waals surface area contributed by atoms with Crippen molar-refractivity contribution < 1.29 is 23.9 Å². The molecule has 0 radical (unpaired) electrons. The Hall–Kier alpha value is -2.97. The highest BCUT2D eigenvalue weighted by atomic mass is 35.5. The molecule has 0 bridgehead atoms. The smallest absolute Gasteiger partial charge is 0.407 e. The summed E-state index contributed by atoms with van der Waals surface area (Å²) < 4.78 is 10.2. The third kappa shape index (κ3) is 6.83. The molecule has 2 aromatic carbocycles. The van der Waals surface area contributed by atoms with Gasteiger partial charge in [0.05, 0.1) is 13.2 Å². The van der Waals surface area contributed by atoms with Crippen LogP contribution in [0.2, 0.25) is 10.0 Å². The first-order valence-corrected chi connectivity index (χ1v) is 12.3. The number of esters is 1. The Balaban J connectivity index is 1.83. The maximum absolute atomic E-state index is 12.9. The van der Waals surface area contributed by atoms with E-state index in [0.717, 1.165) is 5.56 Å². The number of benzene rings is 2. The summed E-state index contributed by atoms with van der Waals surface area (Å²) >= 11 is 12.8. The molecule has 0 fully saturated rings. The van der Waals surface area contributed by atoms with E-state index in [0.29, 0.717) is 39.9 Å². The largest absolute Gasteiger partial charge is 0.467 e. The van der Waals surface area contributed by atoms with Crippen LogP contribution >= 0.6 is 23.2 Å². The molecule has 1 aliphatic heterocycles. The van der Waals surface area contributed by atoms with Gasteiger partial charge in [-0.3, -0.25) is 4.79 Å². The molecule has 8 nitrogen and oxygen atoms in total. The second kappa shape index (κ2) is 11.4. The van der Waals surface area contributed by atoms with Crippen LogP contribution in [0.3, 0.4) is 0 Å². The van der Waals surface area contributed by atoms with Gasteiger partial charge in [-0.1, -0.05) is 35.3 Å². The van der Waals surface area contributed by atoms with Gasteiger partial charge in [0.1, 0.15) is 11.6 Å². The van der Waals surface area contributed by atoms with Gasteiger partial charge < -0.3 is 25.0 Å². The maximum atomic E-state index is 12.9. The first-order chi connectivity index (χ1) is 16.9. The highest BCUT2D eigenvalue weighted by Crippen LogP contribution is 2.44. The van der Waals surface area contributed by atoms with E-state index in [1.807, 2.05) is 45.0 Å². The van der Waals surface area contributed by atoms with Crippen molar-refractivity contribution in [1.82, 2.24) is 5.32 Å². The van der Waals surface area contributed by atoms with Gasteiger partial charge in [-0.15, -0.1) is 0 Å². The fourth-order valence-corrected chi connectivity index (χ4v) is 4.81. The van der Waals surface area contributed by atoms with Gasteiger partial charge in [-0.2, -0.15) is 0 Å². The Kier molecular flexibility index (Phi) is 8.74. The van der Waals surface area contributed by atoms with E-state index in [1.54, 1.807) is 17.0 Å². The van der Waals surface area contributed by atoms with Crippen LogP contribution in [0, 0.1) is 0 Å². The van der Waals surface area contributed by atoms with Gasteiger partial charge >= 0.3 is 12.1 Å². The third-order valence-corrected chi connectivity index (χ3v) is 6.18. The summed E-state index contributed by atoms with van der Waals surface area (Å²) in [5.74, 6) is -0.653. The summed E-state index contributed by atoms with van der Waals surface area (Å²) in [5, 5.41) is 6.68. The van der Waals surface area contributed by atoms with Crippen LogP contribution in [-0.2, 0) is 25.5 Å². The quantitative estimate of drug-likeness (QED) is 0.473. The molecule has 2 atom stereocenters. The Bertz CT molecular complexity index is 1130.